The van der Waals surface area contributed by atoms with Gasteiger partial charge in [-0.2, -0.15) is 8.42 Å². The summed E-state index contributed by atoms with van der Waals surface area (Å²) < 4.78 is 47.0. The third-order valence-corrected chi connectivity index (χ3v) is 2.57. The van der Waals surface area contributed by atoms with Gasteiger partial charge in [0.25, 0.3) is 5.91 Å². The first kappa shape index (κ1) is 25.6. The van der Waals surface area contributed by atoms with E-state index in [1.54, 1.807) is 18.2 Å². The second-order valence-electron chi connectivity index (χ2n) is 3.44. The van der Waals surface area contributed by atoms with Crippen LogP contribution in [0.25, 0.3) is 0 Å². The monoisotopic (exact) mass is 357 g/mol. The Kier molecular flexibility index (Phi) is 14.2. The smallest absolute Gasteiger partial charge is 0.338 e. The van der Waals surface area contributed by atoms with Crippen molar-refractivity contribution in [2.45, 2.75) is 21.8 Å². The lowest BCUT2D eigenvalue weighted by atomic mass is 10.1. The molecule has 22 heavy (non-hydrogen) atoms. The lowest BCUT2D eigenvalue weighted by Crippen LogP contribution is -2.27. The number of carbonyl (C=O) groups excluding carboxylic acids is 1. The fourth-order valence-corrected chi connectivity index (χ4v) is 1.44. The van der Waals surface area contributed by atoms with Gasteiger partial charge in [-0.05, 0) is 19.1 Å². The number of nitrogens with one attached hydrogen (secondary N) is 1. The first-order valence-corrected chi connectivity index (χ1v) is 7.75. The summed E-state index contributed by atoms with van der Waals surface area (Å²) in [6.07, 6.45) is 0. The second-order valence-corrected chi connectivity index (χ2v) is 5.56. The first-order chi connectivity index (χ1) is 9.13. The van der Waals surface area contributed by atoms with Gasteiger partial charge in [-0.15, -0.1) is 0 Å². The summed E-state index contributed by atoms with van der Waals surface area (Å²) in [6, 6.07) is 7.19. The van der Waals surface area contributed by atoms with Gasteiger partial charge in [-0.3, -0.25) is 18.1 Å². The topological polar surface area (TPSA) is 130 Å². The van der Waals surface area contributed by atoms with Gasteiger partial charge in [-0.25, -0.2) is 4.21 Å². The Morgan fingerprint density at radius 1 is 1.32 bits per heavy atom. The van der Waals surface area contributed by atoms with E-state index in [2.05, 4.69) is 9.50 Å². The van der Waals surface area contributed by atoms with E-state index in [9.17, 15) is 9.00 Å². The molecule has 0 saturated heterocycles. The lowest BCUT2D eigenvalue weighted by Gasteiger charge is -2.04. The summed E-state index contributed by atoms with van der Waals surface area (Å²) in [6.45, 7) is 1.91. The van der Waals surface area contributed by atoms with E-state index >= 15 is 0 Å². The minimum absolute atomic E-state index is 0. The summed E-state index contributed by atoms with van der Waals surface area (Å²) in [5, 5.41) is 2.51. The normalized spacial score (nSPS) is 10.9. The van der Waals surface area contributed by atoms with E-state index < -0.39 is 21.5 Å². The number of rotatable bonds is 4. The summed E-state index contributed by atoms with van der Waals surface area (Å²) in [5.41, 5.74) is 1.57. The predicted molar refractivity (Wildman–Crippen MR) is 86.3 cm³/mol. The number of carbonyl (C=O) groups is 1. The SMILES string of the molecule is C.C.COS(=O)CNC(=O)c1cccc(C)c1.O=S(=O)(O)O. The number of hydrogen-bond donors (Lipinski definition) is 3. The van der Waals surface area contributed by atoms with Gasteiger partial charge in [0, 0.05) is 5.56 Å². The number of benzene rings is 1. The maximum atomic E-state index is 11.5. The molecule has 1 amide bonds. The molecule has 0 aromatic heterocycles. The molecule has 0 fully saturated rings. The quantitative estimate of drug-likeness (QED) is 0.698. The van der Waals surface area contributed by atoms with Crippen LogP contribution >= 0.6 is 0 Å². The van der Waals surface area contributed by atoms with Crippen LogP contribution in [0.3, 0.4) is 0 Å². The maximum absolute atomic E-state index is 11.5. The van der Waals surface area contributed by atoms with E-state index in [0.717, 1.165) is 5.56 Å². The average Bonchev–Trinajstić information content (AvgIpc) is 2.33. The summed E-state index contributed by atoms with van der Waals surface area (Å²) in [7, 11) is -3.34. The van der Waals surface area contributed by atoms with Crippen molar-refractivity contribution in [1.29, 1.82) is 0 Å². The molecule has 0 heterocycles. The van der Waals surface area contributed by atoms with Gasteiger partial charge in [0.05, 0.1) is 7.11 Å². The van der Waals surface area contributed by atoms with Gasteiger partial charge in [0.1, 0.15) is 5.88 Å². The number of aryl methyl sites for hydroxylation is 1. The molecule has 1 atom stereocenters. The molecular formula is C12H23NO7S2. The van der Waals surface area contributed by atoms with Gasteiger partial charge in [0.15, 0.2) is 11.1 Å². The van der Waals surface area contributed by atoms with Crippen molar-refractivity contribution in [3.8, 4) is 0 Å². The van der Waals surface area contributed by atoms with Crippen LogP contribution in [0.1, 0.15) is 30.8 Å². The Bertz CT molecular complexity index is 565. The third-order valence-electron chi connectivity index (χ3n) is 1.82. The first-order valence-electron chi connectivity index (χ1n) is 5.11. The molecule has 0 bridgehead atoms. The average molecular weight is 357 g/mol. The third kappa shape index (κ3) is 15.1. The van der Waals surface area contributed by atoms with Crippen molar-refractivity contribution in [2.75, 3.05) is 13.0 Å². The number of hydrogen-bond acceptors (Lipinski definition) is 5. The van der Waals surface area contributed by atoms with Crippen molar-refractivity contribution in [3.05, 3.63) is 35.4 Å². The fourth-order valence-electron chi connectivity index (χ4n) is 1.07. The van der Waals surface area contributed by atoms with Crippen LogP contribution in [0.2, 0.25) is 0 Å². The zero-order valence-electron chi connectivity index (χ0n) is 10.8. The van der Waals surface area contributed by atoms with Crippen molar-refractivity contribution in [3.63, 3.8) is 0 Å². The summed E-state index contributed by atoms with van der Waals surface area (Å²) >= 11 is -1.46. The van der Waals surface area contributed by atoms with Crippen LogP contribution in [-0.2, 0) is 25.7 Å². The molecule has 0 saturated carbocycles. The molecule has 8 nitrogen and oxygen atoms in total. The molecule has 1 aromatic rings. The highest BCUT2D eigenvalue weighted by atomic mass is 32.3. The molecule has 1 aromatic carbocycles. The highest BCUT2D eigenvalue weighted by Crippen LogP contribution is 2.03. The maximum Gasteiger partial charge on any atom is 0.394 e. The Labute approximate surface area is 134 Å². The van der Waals surface area contributed by atoms with Crippen molar-refractivity contribution in [2.24, 2.45) is 0 Å². The standard InChI is InChI=1S/C10H13NO3S.2CH4.H2O4S/c1-8-4-3-5-9(6-8)10(12)11-7-15(13)14-2;;;1-5(2,3)4/h3-6H,7H2,1-2H3,(H,11,12);2*1H4;(H2,1,2,3,4). The van der Waals surface area contributed by atoms with E-state index in [1.807, 2.05) is 13.0 Å². The van der Waals surface area contributed by atoms with Crippen LogP contribution in [-0.4, -0.2) is 40.6 Å². The molecule has 0 aliphatic heterocycles. The van der Waals surface area contributed by atoms with Crippen molar-refractivity contribution in [1.82, 2.24) is 5.32 Å². The van der Waals surface area contributed by atoms with E-state index in [-0.39, 0.29) is 26.6 Å². The Morgan fingerprint density at radius 3 is 2.23 bits per heavy atom. The second kappa shape index (κ2) is 12.2. The Balaban J connectivity index is -0.000000452. The molecule has 130 valence electrons. The van der Waals surface area contributed by atoms with Crippen LogP contribution in [0.15, 0.2) is 24.3 Å². The Morgan fingerprint density at radius 2 is 1.82 bits per heavy atom. The number of amides is 1. The van der Waals surface area contributed by atoms with Gasteiger partial charge in [-0.1, -0.05) is 32.5 Å². The predicted octanol–water partition coefficient (Wildman–Crippen LogP) is 1.61. The molecule has 3 N–H and O–H groups in total. The minimum atomic E-state index is -4.67. The van der Waals surface area contributed by atoms with Crippen molar-refractivity contribution >= 4 is 27.4 Å². The molecule has 0 aliphatic carbocycles. The van der Waals surface area contributed by atoms with Crippen LogP contribution < -0.4 is 5.32 Å². The fraction of sp³-hybridized carbons (Fsp3) is 0.417. The lowest BCUT2D eigenvalue weighted by molar-refractivity contribution is 0.0959. The molecular weight excluding hydrogens is 334 g/mol. The summed E-state index contributed by atoms with van der Waals surface area (Å²) in [4.78, 5) is 11.5. The van der Waals surface area contributed by atoms with Crippen LogP contribution in [0.5, 0.6) is 0 Å². The Hall–Kier alpha value is -1.33. The molecule has 10 heteroatoms. The van der Waals surface area contributed by atoms with Gasteiger partial charge in [0.2, 0.25) is 0 Å². The molecule has 1 unspecified atom stereocenters. The van der Waals surface area contributed by atoms with Crippen LogP contribution in [0, 0.1) is 6.92 Å². The highest BCUT2D eigenvalue weighted by molar-refractivity contribution is 7.80. The minimum Gasteiger partial charge on any atom is -0.338 e. The largest absolute Gasteiger partial charge is 0.394 e. The van der Waals surface area contributed by atoms with E-state index in [1.165, 1.54) is 7.11 Å². The highest BCUT2D eigenvalue weighted by Gasteiger charge is 2.06. The van der Waals surface area contributed by atoms with Gasteiger partial charge >= 0.3 is 10.4 Å². The molecule has 1 rings (SSSR count). The zero-order chi connectivity index (χ0) is 15.8. The van der Waals surface area contributed by atoms with E-state index in [0.29, 0.717) is 5.56 Å². The molecule has 0 spiro atoms. The van der Waals surface area contributed by atoms with E-state index in [4.69, 9.17) is 17.5 Å². The molecule has 0 aliphatic rings. The van der Waals surface area contributed by atoms with Gasteiger partial charge < -0.3 is 5.32 Å². The zero-order valence-corrected chi connectivity index (χ0v) is 12.4. The molecule has 0 radical (unpaired) electrons. The van der Waals surface area contributed by atoms with Crippen molar-refractivity contribution < 1.29 is 30.7 Å². The van der Waals surface area contributed by atoms with Crippen LogP contribution in [0.4, 0.5) is 0 Å². The summed E-state index contributed by atoms with van der Waals surface area (Å²) in [5.74, 6) is -0.243.